The molecule has 34 heavy (non-hydrogen) atoms. The maximum Gasteiger partial charge on any atom is 0.233 e. The number of amides is 1. The number of anilines is 4. The lowest BCUT2D eigenvalue weighted by atomic mass is 10.1. The minimum atomic E-state index is -0.482. The minimum Gasteiger partial charge on any atom is -0.494 e. The van der Waals surface area contributed by atoms with Crippen LogP contribution in [0.2, 0.25) is 0 Å². The van der Waals surface area contributed by atoms with E-state index in [9.17, 15) is 9.18 Å². The van der Waals surface area contributed by atoms with Crippen molar-refractivity contribution in [1.29, 1.82) is 0 Å². The van der Waals surface area contributed by atoms with E-state index in [-0.39, 0.29) is 23.6 Å². The fourth-order valence-corrected chi connectivity index (χ4v) is 3.98. The third-order valence-electron chi connectivity index (χ3n) is 5.80. The molecule has 180 valence electrons. The molecule has 2 aromatic rings. The number of nitrogens with one attached hydrogen (secondary N) is 3. The number of benzene rings is 1. The van der Waals surface area contributed by atoms with E-state index in [1.807, 2.05) is 12.2 Å². The molecule has 1 aliphatic heterocycles. The number of carbonyl (C=O) groups is 1. The average molecular weight is 468 g/mol. The van der Waals surface area contributed by atoms with Crippen LogP contribution >= 0.6 is 0 Å². The first-order chi connectivity index (χ1) is 16.5. The summed E-state index contributed by atoms with van der Waals surface area (Å²) in [5, 5.41) is 9.75. The molecule has 1 aromatic heterocycles. The number of aromatic nitrogens is 3. The van der Waals surface area contributed by atoms with Crippen LogP contribution < -0.4 is 20.7 Å². The van der Waals surface area contributed by atoms with Gasteiger partial charge in [0.25, 0.3) is 0 Å². The van der Waals surface area contributed by atoms with E-state index in [0.717, 1.165) is 12.8 Å². The van der Waals surface area contributed by atoms with E-state index in [2.05, 4.69) is 30.9 Å². The topological polar surface area (TPSA) is 104 Å². The van der Waals surface area contributed by atoms with Gasteiger partial charge in [0, 0.05) is 37.1 Å². The second-order valence-electron chi connectivity index (χ2n) is 8.39. The maximum absolute atomic E-state index is 14.2. The van der Waals surface area contributed by atoms with Gasteiger partial charge in [0.2, 0.25) is 23.8 Å². The van der Waals surface area contributed by atoms with Crippen molar-refractivity contribution < 1.29 is 13.9 Å². The molecule has 1 saturated carbocycles. The van der Waals surface area contributed by atoms with E-state index < -0.39 is 5.82 Å². The van der Waals surface area contributed by atoms with Crippen molar-refractivity contribution >= 4 is 29.4 Å². The van der Waals surface area contributed by atoms with Crippen molar-refractivity contribution in [1.82, 2.24) is 19.9 Å². The first-order valence-electron chi connectivity index (χ1n) is 11.6. The molecule has 0 unspecified atom stereocenters. The van der Waals surface area contributed by atoms with Gasteiger partial charge in [-0.2, -0.15) is 15.0 Å². The molecule has 2 heterocycles. The van der Waals surface area contributed by atoms with Crippen LogP contribution in [0.4, 0.5) is 27.9 Å². The molecule has 10 heteroatoms. The molecule has 2 aliphatic rings. The predicted molar refractivity (Wildman–Crippen MR) is 129 cm³/mol. The summed E-state index contributed by atoms with van der Waals surface area (Å²) in [5.74, 6) is 0.707. The van der Waals surface area contributed by atoms with Gasteiger partial charge in [-0.3, -0.25) is 9.69 Å². The molecule has 0 bridgehead atoms. The summed E-state index contributed by atoms with van der Waals surface area (Å²) in [7, 11) is 1.42. The Morgan fingerprint density at radius 3 is 2.26 bits per heavy atom. The van der Waals surface area contributed by atoms with Crippen molar-refractivity contribution in [3.63, 3.8) is 0 Å². The van der Waals surface area contributed by atoms with Crippen molar-refractivity contribution in [2.24, 2.45) is 0 Å². The first-order valence-corrected chi connectivity index (χ1v) is 11.6. The number of rotatable bonds is 7. The smallest absolute Gasteiger partial charge is 0.233 e. The van der Waals surface area contributed by atoms with E-state index in [1.54, 1.807) is 24.5 Å². The Morgan fingerprint density at radius 2 is 1.65 bits per heavy atom. The second kappa shape index (κ2) is 11.0. The van der Waals surface area contributed by atoms with Gasteiger partial charge in [-0.15, -0.1) is 0 Å². The molecular formula is C24H30FN7O2. The van der Waals surface area contributed by atoms with Crippen LogP contribution in [-0.2, 0) is 4.79 Å². The molecule has 1 amide bonds. The lowest BCUT2D eigenvalue weighted by molar-refractivity contribution is -0.124. The lowest BCUT2D eigenvalue weighted by Gasteiger charge is -2.21. The molecule has 0 atom stereocenters. The Kier molecular flexibility index (Phi) is 7.56. The van der Waals surface area contributed by atoms with Crippen molar-refractivity contribution in [2.75, 3.05) is 23.1 Å². The monoisotopic (exact) mass is 467 g/mol. The highest BCUT2D eigenvalue weighted by Crippen LogP contribution is 2.25. The fourth-order valence-electron chi connectivity index (χ4n) is 3.98. The number of nitrogens with zero attached hydrogens (tertiary/aromatic N) is 4. The van der Waals surface area contributed by atoms with Gasteiger partial charge in [0.05, 0.1) is 13.2 Å². The summed E-state index contributed by atoms with van der Waals surface area (Å²) in [4.78, 5) is 26.6. The van der Waals surface area contributed by atoms with Gasteiger partial charge in [0.1, 0.15) is 0 Å². The van der Waals surface area contributed by atoms with E-state index in [4.69, 9.17) is 4.74 Å². The molecule has 0 radical (unpaired) electrons. The predicted octanol–water partition coefficient (Wildman–Crippen LogP) is 4.57. The maximum atomic E-state index is 14.2. The zero-order valence-electron chi connectivity index (χ0n) is 19.4. The summed E-state index contributed by atoms with van der Waals surface area (Å²) in [5.41, 5.74) is 0.491. The number of methoxy groups -OCH3 is 1. The van der Waals surface area contributed by atoms with Crippen molar-refractivity contribution in [2.45, 2.75) is 57.5 Å². The first kappa shape index (κ1) is 23.5. The summed E-state index contributed by atoms with van der Waals surface area (Å²) in [6.07, 6.45) is 14.1. The lowest BCUT2D eigenvalue weighted by Crippen LogP contribution is -2.26. The summed E-state index contributed by atoms with van der Waals surface area (Å²) < 4.78 is 19.2. The van der Waals surface area contributed by atoms with E-state index in [0.29, 0.717) is 23.6 Å². The van der Waals surface area contributed by atoms with Crippen LogP contribution in [0.25, 0.3) is 0 Å². The molecule has 4 rings (SSSR count). The molecular weight excluding hydrogens is 437 g/mol. The molecule has 3 N–H and O–H groups in total. The number of halogens is 1. The van der Waals surface area contributed by atoms with Crippen LogP contribution in [-0.4, -0.2) is 45.0 Å². The number of hydrogen-bond acceptors (Lipinski definition) is 8. The third kappa shape index (κ3) is 6.21. The Balaban J connectivity index is 1.55. The number of ether oxygens (including phenoxy) is 1. The fraction of sp³-hybridized carbons (Fsp3) is 0.417. The Bertz CT molecular complexity index is 1050. The Hall–Kier alpha value is -3.69. The molecule has 0 saturated heterocycles. The summed E-state index contributed by atoms with van der Waals surface area (Å²) in [6.45, 7) is 1.50. The second-order valence-corrected chi connectivity index (χ2v) is 8.39. The molecule has 9 nitrogen and oxygen atoms in total. The highest BCUT2D eigenvalue weighted by Gasteiger charge is 2.17. The van der Waals surface area contributed by atoms with Gasteiger partial charge >= 0.3 is 0 Å². The van der Waals surface area contributed by atoms with Crippen molar-refractivity contribution in [3.8, 4) is 5.75 Å². The van der Waals surface area contributed by atoms with Gasteiger partial charge in [-0.25, -0.2) is 4.39 Å². The average Bonchev–Trinajstić information content (AvgIpc) is 3.08. The van der Waals surface area contributed by atoms with Crippen LogP contribution in [0.3, 0.4) is 0 Å². The van der Waals surface area contributed by atoms with Crippen LogP contribution in [0.1, 0.15) is 45.4 Å². The standard InChI is InChI=1S/C24H30FN7O2/c1-16(33)32-13-11-18(12-14-32)27-23-29-22(26-17-7-5-3-4-6-8-17)30-24(31-23)28-19-9-10-21(34-2)20(25)15-19/h9-15,17-18H,3-8H2,1-2H3,(H3,26,27,28,29,30,31). The van der Waals surface area contributed by atoms with Gasteiger partial charge in [-0.05, 0) is 37.1 Å². The zero-order valence-corrected chi connectivity index (χ0v) is 19.4. The molecule has 1 aromatic carbocycles. The van der Waals surface area contributed by atoms with Crippen LogP contribution in [0.15, 0.2) is 42.8 Å². The summed E-state index contributed by atoms with van der Waals surface area (Å²) in [6, 6.07) is 4.66. The highest BCUT2D eigenvalue weighted by atomic mass is 19.1. The Morgan fingerprint density at radius 1 is 1.00 bits per heavy atom. The van der Waals surface area contributed by atoms with Gasteiger partial charge in [-0.1, -0.05) is 25.7 Å². The Labute approximate surface area is 198 Å². The van der Waals surface area contributed by atoms with Crippen LogP contribution in [0.5, 0.6) is 5.75 Å². The highest BCUT2D eigenvalue weighted by molar-refractivity contribution is 5.75. The number of hydrogen-bond donors (Lipinski definition) is 3. The molecule has 1 aliphatic carbocycles. The van der Waals surface area contributed by atoms with Gasteiger partial charge in [0.15, 0.2) is 11.6 Å². The normalized spacial score (nSPS) is 16.7. The third-order valence-corrected chi connectivity index (χ3v) is 5.80. The number of carbonyl (C=O) groups excluding carboxylic acids is 1. The van der Waals surface area contributed by atoms with Crippen molar-refractivity contribution in [3.05, 3.63) is 48.6 Å². The van der Waals surface area contributed by atoms with Gasteiger partial charge < -0.3 is 20.7 Å². The molecule has 0 spiro atoms. The largest absolute Gasteiger partial charge is 0.494 e. The summed E-state index contributed by atoms with van der Waals surface area (Å²) >= 11 is 0. The minimum absolute atomic E-state index is 0.0702. The SMILES string of the molecule is COc1ccc(Nc2nc(NC3C=CN(C(C)=O)C=C3)nc(NC3CCCCCC3)n2)cc1F. The molecule has 1 fully saturated rings. The zero-order chi connectivity index (χ0) is 23.9. The van der Waals surface area contributed by atoms with Crippen LogP contribution in [0, 0.1) is 5.82 Å². The van der Waals surface area contributed by atoms with E-state index in [1.165, 1.54) is 50.7 Å². The quantitative estimate of drug-likeness (QED) is 0.509. The van der Waals surface area contributed by atoms with E-state index >= 15 is 0 Å².